The van der Waals surface area contributed by atoms with Crippen LogP contribution >= 0.6 is 11.3 Å². The van der Waals surface area contributed by atoms with Crippen LogP contribution in [-0.4, -0.2) is 40.1 Å². The minimum absolute atomic E-state index is 0.0523. The molecule has 1 unspecified atom stereocenters. The molecule has 1 aliphatic rings. The van der Waals surface area contributed by atoms with Gasteiger partial charge in [0.2, 0.25) is 0 Å². The van der Waals surface area contributed by atoms with Crippen molar-refractivity contribution in [3.8, 4) is 0 Å². The fourth-order valence-electron chi connectivity index (χ4n) is 2.37. The molecule has 0 aliphatic carbocycles. The maximum Gasteiger partial charge on any atom is 0.274 e. The molecule has 0 bridgehead atoms. The van der Waals surface area contributed by atoms with Gasteiger partial charge in [-0.3, -0.25) is 4.79 Å². The lowest BCUT2D eigenvalue weighted by Crippen LogP contribution is -2.38. The summed E-state index contributed by atoms with van der Waals surface area (Å²) in [6.45, 7) is 0.485. The van der Waals surface area contributed by atoms with Crippen LogP contribution in [-0.2, 0) is 6.42 Å². The maximum absolute atomic E-state index is 12.4. The zero-order chi connectivity index (χ0) is 14.7. The molecule has 1 N–H and O–H groups in total. The Morgan fingerprint density at radius 2 is 2.19 bits per heavy atom. The van der Waals surface area contributed by atoms with Gasteiger partial charge in [-0.25, -0.2) is 4.98 Å². The number of aliphatic hydroxyl groups is 1. The van der Waals surface area contributed by atoms with Crippen molar-refractivity contribution < 1.29 is 9.90 Å². The number of carbonyl (C=O) groups excluding carboxylic acids is 1. The third kappa shape index (κ3) is 3.04. The first-order valence-electron chi connectivity index (χ1n) is 6.85. The number of nitrogens with zero attached hydrogens (tertiary/aromatic N) is 2. The van der Waals surface area contributed by atoms with E-state index in [1.165, 1.54) is 16.9 Å². The van der Waals surface area contributed by atoms with Crippen molar-refractivity contribution in [2.45, 2.75) is 12.5 Å². The highest BCUT2D eigenvalue weighted by atomic mass is 32.1. The van der Waals surface area contributed by atoms with Gasteiger partial charge in [-0.2, -0.15) is 0 Å². The SMILES string of the molecule is O=C(c1csc(Cc2ccccc2)n1)N1CC=CC1CO. The van der Waals surface area contributed by atoms with E-state index in [0.29, 0.717) is 12.2 Å². The largest absolute Gasteiger partial charge is 0.394 e. The number of hydrogen-bond acceptors (Lipinski definition) is 4. The second-order valence-electron chi connectivity index (χ2n) is 4.92. The third-order valence-corrected chi connectivity index (χ3v) is 4.33. The first kappa shape index (κ1) is 14.0. The molecule has 21 heavy (non-hydrogen) atoms. The second kappa shape index (κ2) is 6.20. The minimum Gasteiger partial charge on any atom is -0.394 e. The normalized spacial score (nSPS) is 17.4. The number of aromatic nitrogens is 1. The summed E-state index contributed by atoms with van der Waals surface area (Å²) >= 11 is 1.50. The summed E-state index contributed by atoms with van der Waals surface area (Å²) in [5, 5.41) is 12.0. The summed E-state index contributed by atoms with van der Waals surface area (Å²) in [5.74, 6) is -0.116. The fourth-order valence-corrected chi connectivity index (χ4v) is 3.17. The molecule has 0 radical (unpaired) electrons. The summed E-state index contributed by atoms with van der Waals surface area (Å²) in [4.78, 5) is 18.5. The molecule has 108 valence electrons. The van der Waals surface area contributed by atoms with Gasteiger partial charge in [-0.15, -0.1) is 11.3 Å². The van der Waals surface area contributed by atoms with E-state index in [4.69, 9.17) is 0 Å². The lowest BCUT2D eigenvalue weighted by molar-refractivity contribution is 0.0695. The average molecular weight is 300 g/mol. The maximum atomic E-state index is 12.4. The van der Waals surface area contributed by atoms with Crippen molar-refractivity contribution in [3.05, 3.63) is 64.1 Å². The molecule has 5 heteroatoms. The number of thiazole rings is 1. The van der Waals surface area contributed by atoms with E-state index in [2.05, 4.69) is 17.1 Å². The van der Waals surface area contributed by atoms with Crippen LogP contribution in [0.4, 0.5) is 0 Å². The molecule has 0 spiro atoms. The summed E-state index contributed by atoms with van der Waals surface area (Å²) in [6.07, 6.45) is 4.49. The van der Waals surface area contributed by atoms with Crippen molar-refractivity contribution in [2.24, 2.45) is 0 Å². The standard InChI is InChI=1S/C16H16N2O2S/c19-10-13-7-4-8-18(13)16(20)14-11-21-15(17-14)9-12-5-2-1-3-6-12/h1-7,11,13,19H,8-10H2. The van der Waals surface area contributed by atoms with Crippen molar-refractivity contribution in [1.29, 1.82) is 0 Å². The molecule has 1 aliphatic heterocycles. The summed E-state index contributed by atoms with van der Waals surface area (Å²) in [7, 11) is 0. The van der Waals surface area contributed by atoms with Gasteiger partial charge in [0.15, 0.2) is 0 Å². The number of hydrogen-bond donors (Lipinski definition) is 1. The Morgan fingerprint density at radius 3 is 2.95 bits per heavy atom. The van der Waals surface area contributed by atoms with Crippen LogP contribution in [0.25, 0.3) is 0 Å². The van der Waals surface area contributed by atoms with Crippen LogP contribution in [0, 0.1) is 0 Å². The molecular formula is C16H16N2O2S. The van der Waals surface area contributed by atoms with Gasteiger partial charge in [0.1, 0.15) is 5.69 Å². The number of aliphatic hydroxyl groups excluding tert-OH is 1. The molecule has 3 rings (SSSR count). The van der Waals surface area contributed by atoms with Crippen LogP contribution in [0.2, 0.25) is 0 Å². The zero-order valence-electron chi connectivity index (χ0n) is 11.5. The molecule has 2 aromatic rings. The molecule has 1 atom stereocenters. The Bertz CT molecular complexity index is 651. The van der Waals surface area contributed by atoms with Crippen molar-refractivity contribution in [2.75, 3.05) is 13.2 Å². The van der Waals surface area contributed by atoms with Gasteiger partial charge >= 0.3 is 0 Å². The highest BCUT2D eigenvalue weighted by Gasteiger charge is 2.26. The van der Waals surface area contributed by atoms with Gasteiger partial charge < -0.3 is 10.0 Å². The van der Waals surface area contributed by atoms with Gasteiger partial charge in [0, 0.05) is 18.3 Å². The van der Waals surface area contributed by atoms with E-state index in [1.54, 1.807) is 10.3 Å². The van der Waals surface area contributed by atoms with Crippen LogP contribution in [0.3, 0.4) is 0 Å². The molecule has 2 heterocycles. The van der Waals surface area contributed by atoms with Gasteiger partial charge in [-0.1, -0.05) is 42.5 Å². The van der Waals surface area contributed by atoms with E-state index < -0.39 is 0 Å². The molecular weight excluding hydrogens is 284 g/mol. The molecule has 1 amide bonds. The Balaban J connectivity index is 1.71. The molecule has 0 saturated heterocycles. The number of carbonyl (C=O) groups is 1. The molecule has 1 aromatic carbocycles. The molecule has 1 aromatic heterocycles. The predicted octanol–water partition coefficient (Wildman–Crippen LogP) is 2.11. The molecule has 0 saturated carbocycles. The smallest absolute Gasteiger partial charge is 0.274 e. The van der Waals surface area contributed by atoms with E-state index >= 15 is 0 Å². The Labute approximate surface area is 127 Å². The number of benzene rings is 1. The van der Waals surface area contributed by atoms with Crippen LogP contribution < -0.4 is 0 Å². The number of rotatable bonds is 4. The lowest BCUT2D eigenvalue weighted by Gasteiger charge is -2.21. The first-order chi connectivity index (χ1) is 10.3. The number of amides is 1. The highest BCUT2D eigenvalue weighted by Crippen LogP contribution is 2.18. The Kier molecular flexibility index (Phi) is 4.13. The second-order valence-corrected chi connectivity index (χ2v) is 5.87. The van der Waals surface area contributed by atoms with E-state index in [9.17, 15) is 9.90 Å². The summed E-state index contributed by atoms with van der Waals surface area (Å²) in [5.41, 5.74) is 1.65. The Hall–Kier alpha value is -1.98. The topological polar surface area (TPSA) is 53.4 Å². The minimum atomic E-state index is -0.225. The Morgan fingerprint density at radius 1 is 1.38 bits per heavy atom. The monoisotopic (exact) mass is 300 g/mol. The van der Waals surface area contributed by atoms with E-state index in [1.807, 2.05) is 30.4 Å². The van der Waals surface area contributed by atoms with Gasteiger partial charge in [0.05, 0.1) is 17.7 Å². The van der Waals surface area contributed by atoms with Crippen molar-refractivity contribution in [3.63, 3.8) is 0 Å². The van der Waals surface area contributed by atoms with Crippen molar-refractivity contribution >= 4 is 17.2 Å². The molecule has 4 nitrogen and oxygen atoms in total. The van der Waals surface area contributed by atoms with E-state index in [0.717, 1.165) is 11.4 Å². The highest BCUT2D eigenvalue weighted by molar-refractivity contribution is 7.09. The predicted molar refractivity (Wildman–Crippen MR) is 82.4 cm³/mol. The molecule has 0 fully saturated rings. The zero-order valence-corrected chi connectivity index (χ0v) is 12.3. The quantitative estimate of drug-likeness (QED) is 0.880. The lowest BCUT2D eigenvalue weighted by atomic mass is 10.2. The third-order valence-electron chi connectivity index (χ3n) is 3.48. The van der Waals surface area contributed by atoms with Gasteiger partial charge in [0.25, 0.3) is 5.91 Å². The first-order valence-corrected chi connectivity index (χ1v) is 7.72. The van der Waals surface area contributed by atoms with Crippen molar-refractivity contribution in [1.82, 2.24) is 9.88 Å². The van der Waals surface area contributed by atoms with Gasteiger partial charge in [-0.05, 0) is 5.56 Å². The summed E-state index contributed by atoms with van der Waals surface area (Å²) in [6, 6.07) is 9.85. The van der Waals surface area contributed by atoms with Crippen LogP contribution in [0.15, 0.2) is 47.9 Å². The van der Waals surface area contributed by atoms with Crippen LogP contribution in [0.1, 0.15) is 21.1 Å². The fraction of sp³-hybridized carbons (Fsp3) is 0.250. The van der Waals surface area contributed by atoms with Crippen LogP contribution in [0.5, 0.6) is 0 Å². The van der Waals surface area contributed by atoms with E-state index in [-0.39, 0.29) is 18.6 Å². The average Bonchev–Trinajstić information content (AvgIpc) is 3.16. The summed E-state index contributed by atoms with van der Waals surface area (Å²) < 4.78 is 0.